The lowest BCUT2D eigenvalue weighted by atomic mass is 10.2. The number of halogens is 1. The Labute approximate surface area is 144 Å². The summed E-state index contributed by atoms with van der Waals surface area (Å²) in [5, 5.41) is 5.11. The van der Waals surface area contributed by atoms with Gasteiger partial charge in [0.2, 0.25) is 11.8 Å². The van der Waals surface area contributed by atoms with Crippen molar-refractivity contribution in [2.75, 3.05) is 16.4 Å². The molecular formula is C18H19FN2O2S. The highest BCUT2D eigenvalue weighted by Gasteiger charge is 2.15. The van der Waals surface area contributed by atoms with Crippen LogP contribution in [0.15, 0.2) is 48.5 Å². The van der Waals surface area contributed by atoms with Crippen molar-refractivity contribution in [1.29, 1.82) is 0 Å². The number of anilines is 2. The highest BCUT2D eigenvalue weighted by Crippen LogP contribution is 2.16. The van der Waals surface area contributed by atoms with Crippen LogP contribution in [0.3, 0.4) is 0 Å². The fourth-order valence-electron chi connectivity index (χ4n) is 1.89. The van der Waals surface area contributed by atoms with Crippen LogP contribution in [0, 0.1) is 12.7 Å². The highest BCUT2D eigenvalue weighted by molar-refractivity contribution is 8.01. The van der Waals surface area contributed by atoms with Crippen LogP contribution < -0.4 is 10.6 Å². The molecule has 4 nitrogen and oxygen atoms in total. The molecule has 2 aromatic carbocycles. The van der Waals surface area contributed by atoms with Crippen molar-refractivity contribution in [3.05, 3.63) is 59.9 Å². The predicted molar refractivity (Wildman–Crippen MR) is 96.8 cm³/mol. The van der Waals surface area contributed by atoms with Gasteiger partial charge in [-0.3, -0.25) is 9.59 Å². The molecule has 0 aromatic heterocycles. The lowest BCUT2D eigenvalue weighted by Crippen LogP contribution is -2.25. The van der Waals surface area contributed by atoms with Gasteiger partial charge in [-0.1, -0.05) is 17.7 Å². The molecule has 2 aromatic rings. The molecule has 0 heterocycles. The van der Waals surface area contributed by atoms with Gasteiger partial charge < -0.3 is 10.6 Å². The summed E-state index contributed by atoms with van der Waals surface area (Å²) < 4.78 is 12.8. The topological polar surface area (TPSA) is 58.2 Å². The van der Waals surface area contributed by atoms with E-state index in [1.165, 1.54) is 36.0 Å². The molecule has 0 fully saturated rings. The van der Waals surface area contributed by atoms with Gasteiger partial charge >= 0.3 is 0 Å². The monoisotopic (exact) mass is 346 g/mol. The average molecular weight is 346 g/mol. The summed E-state index contributed by atoms with van der Waals surface area (Å²) in [6, 6.07) is 13.1. The largest absolute Gasteiger partial charge is 0.325 e. The Balaban J connectivity index is 1.77. The first-order chi connectivity index (χ1) is 11.4. The molecule has 0 saturated heterocycles. The molecule has 0 bridgehead atoms. The number of nitrogens with one attached hydrogen (secondary N) is 2. The molecule has 0 radical (unpaired) electrons. The van der Waals surface area contributed by atoms with E-state index in [-0.39, 0.29) is 28.6 Å². The zero-order valence-corrected chi connectivity index (χ0v) is 14.3. The fraction of sp³-hybridized carbons (Fsp3) is 0.222. The molecule has 0 spiro atoms. The maximum atomic E-state index is 12.8. The molecule has 0 aliphatic heterocycles. The number of rotatable bonds is 6. The number of amides is 2. The Morgan fingerprint density at radius 1 is 1.00 bits per heavy atom. The molecule has 0 aliphatic rings. The number of benzene rings is 2. The Kier molecular flexibility index (Phi) is 6.37. The van der Waals surface area contributed by atoms with Gasteiger partial charge in [0.25, 0.3) is 0 Å². The van der Waals surface area contributed by atoms with E-state index in [0.717, 1.165) is 11.3 Å². The van der Waals surface area contributed by atoms with E-state index in [4.69, 9.17) is 0 Å². The van der Waals surface area contributed by atoms with E-state index in [1.54, 1.807) is 6.92 Å². The van der Waals surface area contributed by atoms with E-state index in [9.17, 15) is 14.0 Å². The van der Waals surface area contributed by atoms with Crippen molar-refractivity contribution in [1.82, 2.24) is 0 Å². The van der Waals surface area contributed by atoms with Gasteiger partial charge in [-0.05, 0) is 50.2 Å². The van der Waals surface area contributed by atoms with Gasteiger partial charge in [-0.2, -0.15) is 0 Å². The third kappa shape index (κ3) is 5.70. The van der Waals surface area contributed by atoms with Gasteiger partial charge in [0.05, 0.1) is 11.0 Å². The van der Waals surface area contributed by atoms with Crippen LogP contribution >= 0.6 is 11.8 Å². The van der Waals surface area contributed by atoms with Gasteiger partial charge in [0.1, 0.15) is 5.82 Å². The molecule has 1 unspecified atom stereocenters. The smallest absolute Gasteiger partial charge is 0.237 e. The Bertz CT molecular complexity index is 702. The minimum atomic E-state index is -0.370. The molecule has 1 atom stereocenters. The molecule has 2 rings (SSSR count). The average Bonchev–Trinajstić information content (AvgIpc) is 2.57. The number of hydrogen-bond donors (Lipinski definition) is 2. The second-order valence-corrected chi connectivity index (χ2v) is 6.69. The SMILES string of the molecule is Cc1ccc(NC(=O)C(C)SCC(=O)Nc2ccc(F)cc2)cc1. The van der Waals surface area contributed by atoms with Crippen molar-refractivity contribution in [3.8, 4) is 0 Å². The van der Waals surface area contributed by atoms with Gasteiger partial charge in [0, 0.05) is 11.4 Å². The molecule has 6 heteroatoms. The lowest BCUT2D eigenvalue weighted by molar-refractivity contribution is -0.115. The second kappa shape index (κ2) is 8.49. The van der Waals surface area contributed by atoms with Crippen LogP contribution in [-0.4, -0.2) is 22.8 Å². The second-order valence-electron chi connectivity index (χ2n) is 5.36. The quantitative estimate of drug-likeness (QED) is 0.836. The summed E-state index contributed by atoms with van der Waals surface area (Å²) in [5.74, 6) is -0.608. The third-order valence-electron chi connectivity index (χ3n) is 3.28. The van der Waals surface area contributed by atoms with E-state index in [2.05, 4.69) is 10.6 Å². The maximum Gasteiger partial charge on any atom is 0.237 e. The normalized spacial score (nSPS) is 11.6. The standard InChI is InChI=1S/C18H19FN2O2S/c1-12-3-7-16(8-4-12)21-18(23)13(2)24-11-17(22)20-15-9-5-14(19)6-10-15/h3-10,13H,11H2,1-2H3,(H,20,22)(H,21,23). The molecule has 0 aliphatic carbocycles. The summed E-state index contributed by atoms with van der Waals surface area (Å²) in [7, 11) is 0. The van der Waals surface area contributed by atoms with Crippen LogP contribution in [0.4, 0.5) is 15.8 Å². The van der Waals surface area contributed by atoms with Crippen LogP contribution in [-0.2, 0) is 9.59 Å². The minimum absolute atomic E-state index is 0.139. The Morgan fingerprint density at radius 3 is 2.17 bits per heavy atom. The molecule has 2 N–H and O–H groups in total. The van der Waals surface area contributed by atoms with Crippen LogP contribution in [0.25, 0.3) is 0 Å². The third-order valence-corrected chi connectivity index (χ3v) is 4.42. The summed E-state index contributed by atoms with van der Waals surface area (Å²) in [4.78, 5) is 24.0. The van der Waals surface area contributed by atoms with Crippen LogP contribution in [0.2, 0.25) is 0 Å². The molecule has 0 saturated carbocycles. The molecule has 24 heavy (non-hydrogen) atoms. The first-order valence-electron chi connectivity index (χ1n) is 7.48. The van der Waals surface area contributed by atoms with E-state index in [1.807, 2.05) is 31.2 Å². The maximum absolute atomic E-state index is 12.8. The van der Waals surface area contributed by atoms with Gasteiger partial charge in [0.15, 0.2) is 0 Å². The number of carbonyl (C=O) groups excluding carboxylic acids is 2. The zero-order chi connectivity index (χ0) is 17.5. The summed E-state index contributed by atoms with van der Waals surface area (Å²) in [6.45, 7) is 3.73. The van der Waals surface area contributed by atoms with Crippen molar-refractivity contribution in [3.63, 3.8) is 0 Å². The predicted octanol–water partition coefficient (Wildman–Crippen LogP) is 3.83. The Hall–Kier alpha value is -2.34. The first-order valence-corrected chi connectivity index (χ1v) is 8.53. The van der Waals surface area contributed by atoms with Crippen molar-refractivity contribution in [2.45, 2.75) is 19.1 Å². The zero-order valence-electron chi connectivity index (χ0n) is 13.5. The van der Waals surface area contributed by atoms with Crippen molar-refractivity contribution < 1.29 is 14.0 Å². The number of hydrogen-bond acceptors (Lipinski definition) is 3. The molecule has 2 amide bonds. The lowest BCUT2D eigenvalue weighted by Gasteiger charge is -2.12. The first kappa shape index (κ1) is 18.0. The number of carbonyl (C=O) groups is 2. The summed E-state index contributed by atoms with van der Waals surface area (Å²) >= 11 is 1.24. The van der Waals surface area contributed by atoms with Crippen molar-refractivity contribution in [2.24, 2.45) is 0 Å². The van der Waals surface area contributed by atoms with Crippen molar-refractivity contribution >= 4 is 35.0 Å². The molecule has 126 valence electrons. The van der Waals surface area contributed by atoms with E-state index in [0.29, 0.717) is 5.69 Å². The fourth-order valence-corrected chi connectivity index (χ4v) is 2.57. The Morgan fingerprint density at radius 2 is 1.54 bits per heavy atom. The highest BCUT2D eigenvalue weighted by atomic mass is 32.2. The van der Waals surface area contributed by atoms with Crippen LogP contribution in [0.5, 0.6) is 0 Å². The molecular weight excluding hydrogens is 327 g/mol. The van der Waals surface area contributed by atoms with Crippen LogP contribution in [0.1, 0.15) is 12.5 Å². The van der Waals surface area contributed by atoms with E-state index < -0.39 is 0 Å². The van der Waals surface area contributed by atoms with E-state index >= 15 is 0 Å². The summed E-state index contributed by atoms with van der Waals surface area (Å²) in [6.07, 6.45) is 0. The van der Waals surface area contributed by atoms with Gasteiger partial charge in [-0.25, -0.2) is 4.39 Å². The van der Waals surface area contributed by atoms with Gasteiger partial charge in [-0.15, -0.1) is 11.8 Å². The number of thioether (sulfide) groups is 1. The minimum Gasteiger partial charge on any atom is -0.325 e. The summed E-state index contributed by atoms with van der Waals surface area (Å²) in [5.41, 5.74) is 2.38. The number of aryl methyl sites for hydroxylation is 1.